The van der Waals surface area contributed by atoms with E-state index in [1.807, 2.05) is 0 Å². The fourth-order valence-corrected chi connectivity index (χ4v) is 3.29. The molecule has 0 saturated heterocycles. The quantitative estimate of drug-likeness (QED) is 0.167. The summed E-state index contributed by atoms with van der Waals surface area (Å²) in [6, 6.07) is 0. The van der Waals surface area contributed by atoms with Crippen molar-refractivity contribution in [1.29, 1.82) is 0 Å². The van der Waals surface area contributed by atoms with E-state index in [2.05, 4.69) is 12.2 Å². The van der Waals surface area contributed by atoms with E-state index in [4.69, 9.17) is 4.52 Å². The average Bonchev–Trinajstić information content (AvgIpc) is 2.58. The minimum Gasteiger partial charge on any atom is -0.333 e. The van der Waals surface area contributed by atoms with Gasteiger partial charge in [-0.1, -0.05) is 97.8 Å². The highest BCUT2D eigenvalue weighted by Crippen LogP contribution is 2.46. The third kappa shape index (κ3) is 15.8. The van der Waals surface area contributed by atoms with Gasteiger partial charge in [-0.05, 0) is 6.42 Å². The van der Waals surface area contributed by atoms with Crippen LogP contribution in [0.3, 0.4) is 0 Å². The van der Waals surface area contributed by atoms with Gasteiger partial charge >= 0.3 is 7.60 Å². The number of hydrogen-bond donors (Lipinski definition) is 2. The first-order valence-corrected chi connectivity index (χ1v) is 12.3. The van der Waals surface area contributed by atoms with Crippen LogP contribution in [0.15, 0.2) is 0 Å². The monoisotopic (exact) mass is 391 g/mol. The number of carbonyl (C=O) groups excluding carboxylic acids is 1. The molecule has 0 aromatic heterocycles. The van der Waals surface area contributed by atoms with Crippen LogP contribution in [0.4, 0.5) is 0 Å². The van der Waals surface area contributed by atoms with Gasteiger partial charge < -0.3 is 10.2 Å². The second kappa shape index (κ2) is 16.8. The normalized spacial score (nSPS) is 13.7. The summed E-state index contributed by atoms with van der Waals surface area (Å²) in [5, 5.41) is 2.54. The summed E-state index contributed by atoms with van der Waals surface area (Å²) >= 11 is 0. The Balaban J connectivity index is 3.32. The summed E-state index contributed by atoms with van der Waals surface area (Å²) < 4.78 is 16.4. The molecule has 0 spiro atoms. The summed E-state index contributed by atoms with van der Waals surface area (Å²) in [6.45, 7) is 5.31. The molecule has 156 valence electrons. The van der Waals surface area contributed by atoms with Crippen molar-refractivity contribution in [2.24, 2.45) is 0 Å². The van der Waals surface area contributed by atoms with Crippen molar-refractivity contribution in [2.45, 2.75) is 116 Å². The first kappa shape index (κ1) is 25.6. The van der Waals surface area contributed by atoms with Crippen LogP contribution in [-0.2, 0) is 13.9 Å². The average molecular weight is 392 g/mol. The van der Waals surface area contributed by atoms with Gasteiger partial charge in [-0.25, -0.2) is 0 Å². The van der Waals surface area contributed by atoms with E-state index in [0.29, 0.717) is 6.42 Å². The third-order valence-corrected chi connectivity index (χ3v) is 6.48. The van der Waals surface area contributed by atoms with E-state index >= 15 is 0 Å². The summed E-state index contributed by atoms with van der Waals surface area (Å²) in [5.74, 6) is -0.114. The molecule has 1 unspecified atom stereocenters. The van der Waals surface area contributed by atoms with Crippen molar-refractivity contribution in [2.75, 3.05) is 6.73 Å². The Labute approximate surface area is 161 Å². The SMILES string of the molecule is CCCCCCCCCCCCCCCC(=O)NCOP(=O)(O)C(C)C. The third-order valence-electron chi connectivity index (χ3n) is 4.68. The van der Waals surface area contributed by atoms with Gasteiger partial charge in [0.25, 0.3) is 0 Å². The van der Waals surface area contributed by atoms with Crippen LogP contribution in [-0.4, -0.2) is 23.2 Å². The largest absolute Gasteiger partial charge is 0.333 e. The van der Waals surface area contributed by atoms with E-state index in [9.17, 15) is 14.3 Å². The van der Waals surface area contributed by atoms with Gasteiger partial charge in [0, 0.05) is 6.42 Å². The van der Waals surface area contributed by atoms with E-state index in [1.165, 1.54) is 70.6 Å². The first-order chi connectivity index (χ1) is 12.4. The van der Waals surface area contributed by atoms with Crippen molar-refractivity contribution in [3.05, 3.63) is 0 Å². The summed E-state index contributed by atoms with van der Waals surface area (Å²) in [5.41, 5.74) is -0.458. The molecule has 0 fully saturated rings. The lowest BCUT2D eigenvalue weighted by Crippen LogP contribution is -2.25. The predicted octanol–water partition coefficient (Wildman–Crippen LogP) is 6.15. The van der Waals surface area contributed by atoms with Gasteiger partial charge in [-0.15, -0.1) is 0 Å². The molecule has 0 aliphatic rings. The molecular formula is C20H42NO4P. The summed E-state index contributed by atoms with van der Waals surface area (Å²) in [6.07, 6.45) is 17.1. The molecule has 0 aromatic rings. The van der Waals surface area contributed by atoms with Gasteiger partial charge in [-0.3, -0.25) is 13.9 Å². The number of hydrogen-bond acceptors (Lipinski definition) is 3. The standard InChI is InChI=1S/C20H42NO4P/c1-4-5-6-7-8-9-10-11-12-13-14-15-16-17-20(22)21-18-25-26(23,24)19(2)3/h19H,4-18H2,1-3H3,(H,21,22)(H,23,24). The Kier molecular flexibility index (Phi) is 16.5. The zero-order valence-corrected chi connectivity index (χ0v) is 18.2. The van der Waals surface area contributed by atoms with Gasteiger partial charge in [0.1, 0.15) is 6.73 Å². The molecule has 6 heteroatoms. The number of rotatable bonds is 18. The van der Waals surface area contributed by atoms with Crippen LogP contribution in [0, 0.1) is 0 Å². The van der Waals surface area contributed by atoms with Crippen LogP contribution in [0.1, 0.15) is 111 Å². The maximum absolute atomic E-state index is 11.6. The minimum absolute atomic E-state index is 0.114. The number of nitrogens with one attached hydrogen (secondary N) is 1. The molecule has 1 atom stereocenters. The fourth-order valence-electron chi connectivity index (χ4n) is 2.75. The highest BCUT2D eigenvalue weighted by molar-refractivity contribution is 7.53. The lowest BCUT2D eigenvalue weighted by molar-refractivity contribution is -0.122. The Morgan fingerprint density at radius 2 is 1.31 bits per heavy atom. The Bertz CT molecular complexity index is 388. The van der Waals surface area contributed by atoms with Gasteiger partial charge in [-0.2, -0.15) is 0 Å². The molecule has 1 amide bonds. The van der Waals surface area contributed by atoms with Crippen LogP contribution in [0.5, 0.6) is 0 Å². The molecule has 5 nitrogen and oxygen atoms in total. The molecule has 0 heterocycles. The number of carbonyl (C=O) groups is 1. The topological polar surface area (TPSA) is 75.6 Å². The van der Waals surface area contributed by atoms with Crippen LogP contribution in [0.25, 0.3) is 0 Å². The molecule has 0 bridgehead atoms. The molecule has 0 aromatic carbocycles. The Morgan fingerprint density at radius 3 is 1.73 bits per heavy atom. The number of amides is 1. The van der Waals surface area contributed by atoms with E-state index < -0.39 is 13.3 Å². The highest BCUT2D eigenvalue weighted by Gasteiger charge is 2.24. The van der Waals surface area contributed by atoms with Gasteiger partial charge in [0.05, 0.1) is 5.66 Å². The Morgan fingerprint density at radius 1 is 0.885 bits per heavy atom. The zero-order valence-electron chi connectivity index (χ0n) is 17.3. The predicted molar refractivity (Wildman–Crippen MR) is 109 cm³/mol. The summed E-state index contributed by atoms with van der Waals surface area (Å²) in [4.78, 5) is 21.1. The van der Waals surface area contributed by atoms with Crippen molar-refractivity contribution < 1.29 is 18.8 Å². The maximum Gasteiger partial charge on any atom is 0.332 e. The first-order valence-electron chi connectivity index (χ1n) is 10.6. The molecule has 0 aliphatic carbocycles. The molecule has 0 rings (SSSR count). The van der Waals surface area contributed by atoms with E-state index in [-0.39, 0.29) is 12.6 Å². The van der Waals surface area contributed by atoms with Crippen LogP contribution >= 0.6 is 7.60 Å². The van der Waals surface area contributed by atoms with Crippen LogP contribution < -0.4 is 5.32 Å². The lowest BCUT2D eigenvalue weighted by Gasteiger charge is -2.15. The number of unbranched alkanes of at least 4 members (excludes halogenated alkanes) is 12. The molecule has 2 N–H and O–H groups in total. The van der Waals surface area contributed by atoms with Gasteiger partial charge in [0.2, 0.25) is 5.91 Å². The second-order valence-corrected chi connectivity index (χ2v) is 9.94. The smallest absolute Gasteiger partial charge is 0.332 e. The molecule has 0 radical (unpaired) electrons. The van der Waals surface area contributed by atoms with Crippen molar-refractivity contribution in [3.63, 3.8) is 0 Å². The van der Waals surface area contributed by atoms with Crippen molar-refractivity contribution in [3.8, 4) is 0 Å². The van der Waals surface area contributed by atoms with Crippen molar-refractivity contribution in [1.82, 2.24) is 5.32 Å². The lowest BCUT2D eigenvalue weighted by atomic mass is 10.0. The maximum atomic E-state index is 11.6. The van der Waals surface area contributed by atoms with E-state index in [0.717, 1.165) is 12.8 Å². The summed E-state index contributed by atoms with van der Waals surface area (Å²) in [7, 11) is -3.60. The minimum atomic E-state index is -3.60. The second-order valence-electron chi connectivity index (χ2n) is 7.52. The fraction of sp³-hybridized carbons (Fsp3) is 0.950. The Hall–Kier alpha value is -0.380. The van der Waals surface area contributed by atoms with Crippen LogP contribution in [0.2, 0.25) is 0 Å². The molecule has 0 aliphatic heterocycles. The zero-order chi connectivity index (χ0) is 19.7. The molecule has 0 saturated carbocycles. The van der Waals surface area contributed by atoms with Gasteiger partial charge in [0.15, 0.2) is 0 Å². The molecular weight excluding hydrogens is 349 g/mol. The van der Waals surface area contributed by atoms with Crippen molar-refractivity contribution >= 4 is 13.5 Å². The molecule has 26 heavy (non-hydrogen) atoms. The van der Waals surface area contributed by atoms with E-state index in [1.54, 1.807) is 13.8 Å². The highest BCUT2D eigenvalue weighted by atomic mass is 31.2.